The third kappa shape index (κ3) is 2.91. The fourth-order valence-corrected chi connectivity index (χ4v) is 4.53. The summed E-state index contributed by atoms with van der Waals surface area (Å²) in [5, 5.41) is 0. The van der Waals surface area contributed by atoms with E-state index < -0.39 is 0 Å². The summed E-state index contributed by atoms with van der Waals surface area (Å²) < 4.78 is 6.92. The van der Waals surface area contributed by atoms with Crippen LogP contribution in [0.3, 0.4) is 0 Å². The van der Waals surface area contributed by atoms with Crippen LogP contribution in [0.5, 0.6) is 0 Å². The van der Waals surface area contributed by atoms with Gasteiger partial charge in [0.05, 0.1) is 23.7 Å². The van der Waals surface area contributed by atoms with Gasteiger partial charge in [-0.25, -0.2) is 4.98 Å². The van der Waals surface area contributed by atoms with E-state index in [1.807, 2.05) is 18.2 Å². The Hall–Kier alpha value is -1.27. The second-order valence-electron chi connectivity index (χ2n) is 5.25. The Morgan fingerprint density at radius 2 is 2.35 bits per heavy atom. The Balaban J connectivity index is 1.66. The number of ether oxygens (including phenoxy) is 1. The molecule has 0 amide bonds. The van der Waals surface area contributed by atoms with Crippen LogP contribution < -0.4 is 5.73 Å². The Kier molecular flexibility index (Phi) is 3.60. The zero-order valence-corrected chi connectivity index (χ0v) is 12.9. The first-order valence-corrected chi connectivity index (χ1v) is 8.26. The van der Waals surface area contributed by atoms with Crippen LogP contribution in [0.2, 0.25) is 0 Å². The minimum absolute atomic E-state index is 0.111. The number of methoxy groups -OCH3 is 1. The molecule has 0 aliphatic heterocycles. The standard InChI is InChI=1S/C14H16N2O2S2/c1-18-12(17)7-14(4-5-14)8-19-13-16-10-3-2-9(15)6-11(10)20-13/h2-3,6H,4-5,7-8,15H2,1H3. The van der Waals surface area contributed by atoms with Gasteiger partial charge in [-0.2, -0.15) is 0 Å². The molecule has 0 radical (unpaired) electrons. The number of anilines is 1. The van der Waals surface area contributed by atoms with Gasteiger partial charge in [0.1, 0.15) is 0 Å². The molecule has 20 heavy (non-hydrogen) atoms. The van der Waals surface area contributed by atoms with E-state index in [2.05, 4.69) is 4.98 Å². The second-order valence-corrected chi connectivity index (χ2v) is 7.50. The van der Waals surface area contributed by atoms with Crippen LogP contribution in [-0.2, 0) is 9.53 Å². The van der Waals surface area contributed by atoms with Crippen molar-refractivity contribution in [3.8, 4) is 0 Å². The molecule has 106 valence electrons. The van der Waals surface area contributed by atoms with E-state index in [0.29, 0.717) is 6.42 Å². The van der Waals surface area contributed by atoms with Gasteiger partial charge in [0, 0.05) is 11.4 Å². The Labute approximate surface area is 125 Å². The molecule has 2 aromatic rings. The summed E-state index contributed by atoms with van der Waals surface area (Å²) >= 11 is 3.39. The molecule has 2 N–H and O–H groups in total. The number of fused-ring (bicyclic) bond motifs is 1. The van der Waals surface area contributed by atoms with Crippen LogP contribution >= 0.6 is 23.1 Å². The van der Waals surface area contributed by atoms with Crippen molar-refractivity contribution < 1.29 is 9.53 Å². The van der Waals surface area contributed by atoms with Gasteiger partial charge in [-0.15, -0.1) is 11.3 Å². The number of aromatic nitrogens is 1. The number of esters is 1. The molecule has 3 rings (SSSR count). The van der Waals surface area contributed by atoms with Crippen LogP contribution in [-0.4, -0.2) is 23.8 Å². The van der Waals surface area contributed by atoms with Crippen molar-refractivity contribution in [1.29, 1.82) is 0 Å². The molecule has 6 heteroatoms. The number of nitrogens with two attached hydrogens (primary N) is 1. The van der Waals surface area contributed by atoms with E-state index in [-0.39, 0.29) is 11.4 Å². The maximum atomic E-state index is 11.4. The molecule has 1 aromatic carbocycles. The summed E-state index contributed by atoms with van der Waals surface area (Å²) in [6, 6.07) is 5.78. The second kappa shape index (κ2) is 5.26. The Morgan fingerprint density at radius 1 is 1.55 bits per heavy atom. The molecule has 0 saturated heterocycles. The van der Waals surface area contributed by atoms with Gasteiger partial charge in [-0.05, 0) is 36.5 Å². The largest absolute Gasteiger partial charge is 0.469 e. The van der Waals surface area contributed by atoms with Gasteiger partial charge in [0.25, 0.3) is 0 Å². The number of thioether (sulfide) groups is 1. The maximum absolute atomic E-state index is 11.4. The van der Waals surface area contributed by atoms with E-state index in [1.54, 1.807) is 23.1 Å². The number of hydrogen-bond donors (Lipinski definition) is 1. The highest BCUT2D eigenvalue weighted by Gasteiger charge is 2.44. The van der Waals surface area contributed by atoms with Crippen LogP contribution in [0.15, 0.2) is 22.5 Å². The summed E-state index contributed by atoms with van der Waals surface area (Å²) in [6.07, 6.45) is 2.73. The predicted octanol–water partition coefficient (Wildman–Crippen LogP) is 3.31. The zero-order valence-electron chi connectivity index (χ0n) is 11.2. The normalized spacial score (nSPS) is 16.2. The molecule has 1 heterocycles. The molecule has 1 aliphatic rings. The van der Waals surface area contributed by atoms with Gasteiger partial charge < -0.3 is 10.5 Å². The van der Waals surface area contributed by atoms with Gasteiger partial charge in [-0.3, -0.25) is 4.79 Å². The smallest absolute Gasteiger partial charge is 0.306 e. The number of carbonyl (C=O) groups excluding carboxylic acids is 1. The van der Waals surface area contributed by atoms with E-state index >= 15 is 0 Å². The topological polar surface area (TPSA) is 65.2 Å². The molecule has 1 aromatic heterocycles. The number of carbonyl (C=O) groups is 1. The molecule has 1 aliphatic carbocycles. The highest BCUT2D eigenvalue weighted by atomic mass is 32.2. The molecule has 1 fully saturated rings. The third-order valence-corrected chi connectivity index (χ3v) is 6.11. The van der Waals surface area contributed by atoms with Crippen molar-refractivity contribution in [1.82, 2.24) is 4.98 Å². The first-order chi connectivity index (χ1) is 9.60. The number of nitrogens with zero attached hydrogens (tertiary/aromatic N) is 1. The van der Waals surface area contributed by atoms with Gasteiger partial charge in [0.2, 0.25) is 0 Å². The Bertz CT molecular complexity index is 650. The highest BCUT2D eigenvalue weighted by Crippen LogP contribution is 2.52. The van der Waals surface area contributed by atoms with E-state index in [1.165, 1.54) is 7.11 Å². The molecule has 0 unspecified atom stereocenters. The summed E-state index contributed by atoms with van der Waals surface area (Å²) in [5.74, 6) is 0.817. The SMILES string of the molecule is COC(=O)CC1(CSc2nc3ccc(N)cc3s2)CC1. The molecule has 4 nitrogen and oxygen atoms in total. The quantitative estimate of drug-likeness (QED) is 0.521. The van der Waals surface area contributed by atoms with Crippen LogP contribution in [0, 0.1) is 5.41 Å². The fraction of sp³-hybridized carbons (Fsp3) is 0.429. The van der Waals surface area contributed by atoms with Crippen LogP contribution in [0.25, 0.3) is 10.2 Å². The highest BCUT2D eigenvalue weighted by molar-refractivity contribution is 8.01. The van der Waals surface area contributed by atoms with E-state index in [4.69, 9.17) is 10.5 Å². The van der Waals surface area contributed by atoms with Crippen LogP contribution in [0.1, 0.15) is 19.3 Å². The number of benzene rings is 1. The molecular formula is C14H16N2O2S2. The average Bonchev–Trinajstić information content (AvgIpc) is 3.07. The number of rotatable bonds is 5. The summed E-state index contributed by atoms with van der Waals surface area (Å²) in [6.45, 7) is 0. The fourth-order valence-electron chi connectivity index (χ4n) is 2.12. The summed E-state index contributed by atoms with van der Waals surface area (Å²) in [7, 11) is 1.45. The number of nitrogen functional groups attached to an aromatic ring is 1. The van der Waals surface area contributed by atoms with Crippen molar-refractivity contribution in [3.63, 3.8) is 0 Å². The molecule has 1 saturated carbocycles. The molecule has 0 atom stereocenters. The monoisotopic (exact) mass is 308 g/mol. The van der Waals surface area contributed by atoms with Gasteiger partial charge >= 0.3 is 5.97 Å². The molecule has 0 bridgehead atoms. The lowest BCUT2D eigenvalue weighted by Crippen LogP contribution is -2.12. The molecule has 0 spiro atoms. The van der Waals surface area contributed by atoms with E-state index in [9.17, 15) is 4.79 Å². The number of thiazole rings is 1. The lowest BCUT2D eigenvalue weighted by Gasteiger charge is -2.11. The lowest BCUT2D eigenvalue weighted by atomic mass is 10.1. The zero-order chi connectivity index (χ0) is 14.2. The predicted molar refractivity (Wildman–Crippen MR) is 83.1 cm³/mol. The van der Waals surface area contributed by atoms with Gasteiger partial charge in [0.15, 0.2) is 4.34 Å². The maximum Gasteiger partial charge on any atom is 0.306 e. The minimum Gasteiger partial charge on any atom is -0.469 e. The number of hydrogen-bond acceptors (Lipinski definition) is 6. The third-order valence-electron chi connectivity index (χ3n) is 3.60. The van der Waals surface area contributed by atoms with Gasteiger partial charge in [-0.1, -0.05) is 11.8 Å². The first-order valence-electron chi connectivity index (χ1n) is 6.46. The summed E-state index contributed by atoms with van der Waals surface area (Å²) in [5.41, 5.74) is 7.67. The minimum atomic E-state index is -0.111. The summed E-state index contributed by atoms with van der Waals surface area (Å²) in [4.78, 5) is 16.0. The lowest BCUT2D eigenvalue weighted by molar-refractivity contribution is -0.141. The van der Waals surface area contributed by atoms with E-state index in [0.717, 1.165) is 38.8 Å². The first kappa shape index (κ1) is 13.7. The van der Waals surface area contributed by atoms with Crippen molar-refractivity contribution >= 4 is 45.0 Å². The van der Waals surface area contributed by atoms with Crippen molar-refractivity contribution in [2.75, 3.05) is 18.6 Å². The van der Waals surface area contributed by atoms with Crippen molar-refractivity contribution in [2.24, 2.45) is 5.41 Å². The van der Waals surface area contributed by atoms with Crippen molar-refractivity contribution in [2.45, 2.75) is 23.6 Å². The Morgan fingerprint density at radius 3 is 3.05 bits per heavy atom. The average molecular weight is 308 g/mol. The molecular weight excluding hydrogens is 292 g/mol. The van der Waals surface area contributed by atoms with Crippen LogP contribution in [0.4, 0.5) is 5.69 Å². The van der Waals surface area contributed by atoms with Crippen molar-refractivity contribution in [3.05, 3.63) is 18.2 Å².